The van der Waals surface area contributed by atoms with Crippen LogP contribution in [0.25, 0.3) is 10.2 Å². The number of methoxy groups -OCH3 is 1. The Morgan fingerprint density at radius 1 is 1.13 bits per heavy atom. The van der Waals surface area contributed by atoms with Gasteiger partial charge in [0.05, 0.1) is 56.0 Å². The summed E-state index contributed by atoms with van der Waals surface area (Å²) in [6.07, 6.45) is 1.31. The normalized spacial score (nSPS) is 14.3. The molecule has 0 saturated heterocycles. The number of carbonyl (C=O) groups excluding carboxylic acids is 2. The van der Waals surface area contributed by atoms with E-state index in [2.05, 4.69) is 20.9 Å². The standard InChI is InChI=1S/C29H37N3O5S/c1-6-32(4,7-2)13-10-14-37-24-15-22-25(16-23(24)36-5)38-28(30-22)31(3)27(35)29(19-26(33)34)17-20-11-8-9-12-21(20)18-29/h8-9,11-12,15-16H,6-7,10,13-14,17-19H2,1-5H3. The number of anilines is 1. The first-order valence-electron chi connectivity index (χ1n) is 13.1. The molecule has 0 spiro atoms. The monoisotopic (exact) mass is 539 g/mol. The fraction of sp³-hybridized carbons (Fsp3) is 0.483. The molecule has 1 amide bonds. The third-order valence-electron chi connectivity index (χ3n) is 7.99. The second-order valence-corrected chi connectivity index (χ2v) is 11.5. The molecule has 4 rings (SSSR count). The van der Waals surface area contributed by atoms with E-state index < -0.39 is 11.4 Å². The summed E-state index contributed by atoms with van der Waals surface area (Å²) in [4.78, 5) is 31.7. The van der Waals surface area contributed by atoms with Crippen molar-refractivity contribution in [1.82, 2.24) is 4.98 Å². The van der Waals surface area contributed by atoms with Gasteiger partial charge in [0, 0.05) is 38.0 Å². The smallest absolute Gasteiger partial charge is 0.235 e. The highest BCUT2D eigenvalue weighted by Crippen LogP contribution is 2.43. The molecule has 2 aromatic carbocycles. The number of aliphatic carboxylic acids is 1. The summed E-state index contributed by atoms with van der Waals surface area (Å²) >= 11 is 1.36. The molecule has 8 nitrogen and oxygen atoms in total. The predicted octanol–water partition coefficient (Wildman–Crippen LogP) is 3.45. The minimum atomic E-state index is -1.23. The average Bonchev–Trinajstić information content (AvgIpc) is 3.50. The molecule has 0 fully saturated rings. The van der Waals surface area contributed by atoms with E-state index in [4.69, 9.17) is 14.5 Å². The van der Waals surface area contributed by atoms with Crippen molar-refractivity contribution < 1.29 is 28.7 Å². The quantitative estimate of drug-likeness (QED) is 0.259. The minimum absolute atomic E-state index is 0.270. The Morgan fingerprint density at radius 2 is 1.79 bits per heavy atom. The predicted molar refractivity (Wildman–Crippen MR) is 148 cm³/mol. The van der Waals surface area contributed by atoms with Crippen LogP contribution < -0.4 is 19.5 Å². The number of ether oxygens (including phenoxy) is 2. The maximum Gasteiger partial charge on any atom is 0.235 e. The van der Waals surface area contributed by atoms with Crippen molar-refractivity contribution in [3.63, 3.8) is 0 Å². The van der Waals surface area contributed by atoms with E-state index in [0.29, 0.717) is 41.6 Å². The summed E-state index contributed by atoms with van der Waals surface area (Å²) in [7, 11) is 5.52. The first kappa shape index (κ1) is 27.9. The van der Waals surface area contributed by atoms with E-state index in [1.54, 1.807) is 14.2 Å². The number of quaternary nitrogens is 1. The molecule has 1 aliphatic carbocycles. The zero-order valence-corrected chi connectivity index (χ0v) is 23.7. The van der Waals surface area contributed by atoms with Gasteiger partial charge in [-0.15, -0.1) is 0 Å². The first-order valence-corrected chi connectivity index (χ1v) is 13.9. The average molecular weight is 540 g/mol. The van der Waals surface area contributed by atoms with Crippen molar-refractivity contribution in [2.45, 2.75) is 39.5 Å². The summed E-state index contributed by atoms with van der Waals surface area (Å²) < 4.78 is 13.5. The van der Waals surface area contributed by atoms with Crippen LogP contribution in [0.1, 0.15) is 37.8 Å². The van der Waals surface area contributed by atoms with E-state index >= 15 is 0 Å². The molecule has 9 heteroatoms. The van der Waals surface area contributed by atoms with Crippen molar-refractivity contribution in [2.24, 2.45) is 5.41 Å². The molecule has 0 atom stereocenters. The lowest BCUT2D eigenvalue weighted by molar-refractivity contribution is -0.906. The number of carbonyl (C=O) groups is 2. The Kier molecular flexibility index (Phi) is 8.28. The van der Waals surface area contributed by atoms with Crippen LogP contribution in [0.15, 0.2) is 36.4 Å². The number of amides is 1. The molecular weight excluding hydrogens is 502 g/mol. The Balaban J connectivity index is 1.54. The summed E-state index contributed by atoms with van der Waals surface area (Å²) in [5.74, 6) is -0.266. The van der Waals surface area contributed by atoms with Gasteiger partial charge in [0.2, 0.25) is 5.91 Å². The topological polar surface area (TPSA) is 91.8 Å². The van der Waals surface area contributed by atoms with Crippen molar-refractivity contribution in [3.05, 3.63) is 47.5 Å². The highest BCUT2D eigenvalue weighted by atomic mass is 32.1. The number of hydrogen-bond acceptors (Lipinski definition) is 7. The van der Waals surface area contributed by atoms with Crippen molar-refractivity contribution in [2.75, 3.05) is 52.3 Å². The van der Waals surface area contributed by atoms with E-state index in [0.717, 1.165) is 46.4 Å². The van der Waals surface area contributed by atoms with Gasteiger partial charge in [0.15, 0.2) is 16.6 Å². The molecule has 0 aliphatic heterocycles. The Labute approximate surface area is 228 Å². The van der Waals surface area contributed by atoms with Crippen LogP contribution in [0, 0.1) is 5.41 Å². The largest absolute Gasteiger partial charge is 0.550 e. The third kappa shape index (κ3) is 5.63. The lowest BCUT2D eigenvalue weighted by Gasteiger charge is -2.32. The highest BCUT2D eigenvalue weighted by Gasteiger charge is 2.46. The zero-order valence-electron chi connectivity index (χ0n) is 22.9. The van der Waals surface area contributed by atoms with Crippen LogP contribution in [0.2, 0.25) is 0 Å². The molecule has 0 saturated carbocycles. The Bertz CT molecular complexity index is 1290. The molecule has 1 aliphatic rings. The van der Waals surface area contributed by atoms with E-state index in [1.807, 2.05) is 36.4 Å². The number of carboxylic acid groups (broad SMARTS) is 1. The highest BCUT2D eigenvalue weighted by molar-refractivity contribution is 7.22. The van der Waals surface area contributed by atoms with E-state index in [-0.39, 0.29) is 12.3 Å². The first-order chi connectivity index (χ1) is 18.1. The SMILES string of the molecule is CC[N+](C)(CC)CCCOc1cc2nc(N(C)C(=O)C3(CC(=O)[O-])Cc4ccccc4C3)sc2cc1OC. The number of thiazole rings is 1. The van der Waals surface area contributed by atoms with Gasteiger partial charge >= 0.3 is 0 Å². The lowest BCUT2D eigenvalue weighted by atomic mass is 9.80. The van der Waals surface area contributed by atoms with Crippen LogP contribution in [-0.2, 0) is 22.4 Å². The molecule has 38 heavy (non-hydrogen) atoms. The van der Waals surface area contributed by atoms with Gasteiger partial charge in [-0.05, 0) is 37.8 Å². The molecule has 0 unspecified atom stereocenters. The van der Waals surface area contributed by atoms with Gasteiger partial charge in [0.1, 0.15) is 0 Å². The van der Waals surface area contributed by atoms with Crippen molar-refractivity contribution in [1.29, 1.82) is 0 Å². The summed E-state index contributed by atoms with van der Waals surface area (Å²) in [5.41, 5.74) is 1.61. The number of carboxylic acids is 1. The molecular formula is C29H37N3O5S. The molecule has 1 aromatic heterocycles. The number of nitrogens with zero attached hydrogens (tertiary/aromatic N) is 3. The zero-order chi connectivity index (χ0) is 27.5. The lowest BCUT2D eigenvalue weighted by Crippen LogP contribution is -2.46. The summed E-state index contributed by atoms with van der Waals surface area (Å²) in [6.45, 7) is 8.16. The Morgan fingerprint density at radius 3 is 2.37 bits per heavy atom. The fourth-order valence-corrected chi connectivity index (χ4v) is 6.21. The van der Waals surface area contributed by atoms with E-state index in [9.17, 15) is 14.7 Å². The Hall–Kier alpha value is -3.17. The van der Waals surface area contributed by atoms with E-state index in [1.165, 1.54) is 16.2 Å². The number of aromatic nitrogens is 1. The maximum absolute atomic E-state index is 13.8. The van der Waals surface area contributed by atoms with Gasteiger partial charge in [-0.25, -0.2) is 4.98 Å². The molecule has 0 N–H and O–H groups in total. The van der Waals surface area contributed by atoms with Crippen LogP contribution in [0.3, 0.4) is 0 Å². The molecule has 1 heterocycles. The molecule has 0 radical (unpaired) electrons. The van der Waals surface area contributed by atoms with Crippen molar-refractivity contribution >= 4 is 38.6 Å². The van der Waals surface area contributed by atoms with Gasteiger partial charge < -0.3 is 23.9 Å². The second kappa shape index (κ2) is 11.3. The van der Waals surface area contributed by atoms with Crippen LogP contribution >= 0.6 is 11.3 Å². The fourth-order valence-electron chi connectivity index (χ4n) is 5.27. The molecule has 0 bridgehead atoms. The van der Waals surface area contributed by atoms with Gasteiger partial charge in [-0.2, -0.15) is 0 Å². The number of hydrogen-bond donors (Lipinski definition) is 0. The number of fused-ring (bicyclic) bond motifs is 2. The third-order valence-corrected chi connectivity index (χ3v) is 9.09. The molecule has 204 valence electrons. The number of benzene rings is 2. The van der Waals surface area contributed by atoms with Crippen LogP contribution in [0.5, 0.6) is 11.5 Å². The minimum Gasteiger partial charge on any atom is -0.550 e. The van der Waals surface area contributed by atoms with Gasteiger partial charge in [-0.3, -0.25) is 9.69 Å². The van der Waals surface area contributed by atoms with Crippen LogP contribution in [-0.4, -0.2) is 68.8 Å². The second-order valence-electron chi connectivity index (χ2n) is 10.5. The summed E-state index contributed by atoms with van der Waals surface area (Å²) in [5, 5.41) is 12.2. The van der Waals surface area contributed by atoms with Gasteiger partial charge in [-0.1, -0.05) is 35.6 Å². The van der Waals surface area contributed by atoms with Gasteiger partial charge in [0.25, 0.3) is 0 Å². The van der Waals surface area contributed by atoms with Crippen molar-refractivity contribution in [3.8, 4) is 11.5 Å². The molecule has 3 aromatic rings. The van der Waals surface area contributed by atoms with Crippen LogP contribution in [0.4, 0.5) is 5.13 Å². The maximum atomic E-state index is 13.8. The summed E-state index contributed by atoms with van der Waals surface area (Å²) in [6, 6.07) is 11.5. The number of rotatable bonds is 12.